The minimum Gasteiger partial charge on any atom is -0.423 e. The molecule has 0 spiro atoms. The number of hydrogen-bond acceptors (Lipinski definition) is 5. The van der Waals surface area contributed by atoms with Crippen molar-refractivity contribution in [3.05, 3.63) is 102 Å². The fraction of sp³-hybridized carbons (Fsp3) is 0.0417. The third kappa shape index (κ3) is 5.48. The highest BCUT2D eigenvalue weighted by atomic mass is 127. The normalized spacial score (nSPS) is 14.8. The Hall–Kier alpha value is -2.43. The number of imide groups is 1. The summed E-state index contributed by atoms with van der Waals surface area (Å²) in [5.74, 6) is -0.381. The van der Waals surface area contributed by atoms with Gasteiger partial charge >= 0.3 is 5.97 Å². The second-order valence-corrected chi connectivity index (χ2v) is 10.0. The predicted molar refractivity (Wildman–Crippen MR) is 136 cm³/mol. The quantitative estimate of drug-likeness (QED) is 0.141. The Bertz CT molecular complexity index is 1210. The van der Waals surface area contributed by atoms with Crippen LogP contribution >= 0.6 is 50.3 Å². The Morgan fingerprint density at radius 2 is 1.62 bits per heavy atom. The first kappa shape index (κ1) is 22.8. The maximum Gasteiger partial charge on any atom is 0.343 e. The lowest BCUT2D eigenvalue weighted by atomic mass is 10.2. The van der Waals surface area contributed by atoms with Gasteiger partial charge in [0.25, 0.3) is 11.1 Å². The molecule has 0 aromatic heterocycles. The van der Waals surface area contributed by atoms with Crippen molar-refractivity contribution in [1.29, 1.82) is 0 Å². The van der Waals surface area contributed by atoms with E-state index in [-0.39, 0.29) is 17.7 Å². The van der Waals surface area contributed by atoms with Crippen LogP contribution in [-0.2, 0) is 11.3 Å². The molecule has 0 saturated carbocycles. The molecule has 0 N–H and O–H groups in total. The highest BCUT2D eigenvalue weighted by Crippen LogP contribution is 2.33. The number of nitrogens with zero attached hydrogens (tertiary/aromatic N) is 1. The van der Waals surface area contributed by atoms with Gasteiger partial charge in [-0.25, -0.2) is 4.79 Å². The monoisotopic (exact) mass is 619 g/mol. The summed E-state index contributed by atoms with van der Waals surface area (Å²) in [6.07, 6.45) is 1.67. The zero-order valence-electron chi connectivity index (χ0n) is 16.5. The lowest BCUT2D eigenvalue weighted by molar-refractivity contribution is -0.123. The third-order valence-corrected chi connectivity index (χ3v) is 6.75. The molecule has 0 radical (unpaired) electrons. The minimum atomic E-state index is -0.457. The molecule has 1 heterocycles. The van der Waals surface area contributed by atoms with Crippen molar-refractivity contribution in [2.75, 3.05) is 0 Å². The molecule has 0 unspecified atom stereocenters. The van der Waals surface area contributed by atoms with Crippen LogP contribution in [0.4, 0.5) is 4.79 Å². The molecule has 1 aliphatic heterocycles. The standard InChI is InChI=1S/C24H15BrINO4S/c25-18-7-5-17(6-8-18)23(29)31-20-11-3-15(4-12-20)13-21-22(28)27(24(30)32-21)14-16-1-9-19(26)10-2-16/h1-13H,14H2/b21-13-. The highest BCUT2D eigenvalue weighted by Gasteiger charge is 2.34. The molecule has 1 fully saturated rings. The van der Waals surface area contributed by atoms with E-state index in [4.69, 9.17) is 4.74 Å². The number of carbonyl (C=O) groups excluding carboxylic acids is 3. The van der Waals surface area contributed by atoms with Crippen molar-refractivity contribution in [1.82, 2.24) is 4.90 Å². The summed E-state index contributed by atoms with van der Waals surface area (Å²) in [4.78, 5) is 38.9. The van der Waals surface area contributed by atoms with Gasteiger partial charge in [0, 0.05) is 8.04 Å². The van der Waals surface area contributed by atoms with Crippen LogP contribution in [0, 0.1) is 3.57 Å². The summed E-state index contributed by atoms with van der Waals surface area (Å²) >= 11 is 6.46. The van der Waals surface area contributed by atoms with Crippen LogP contribution in [0.25, 0.3) is 6.08 Å². The minimum absolute atomic E-state index is 0.240. The summed E-state index contributed by atoms with van der Waals surface area (Å²) < 4.78 is 7.35. The largest absolute Gasteiger partial charge is 0.423 e. The fourth-order valence-corrected chi connectivity index (χ4v) is 4.41. The SMILES string of the molecule is O=C(Oc1ccc(/C=C2\SC(=O)N(Cc3ccc(I)cc3)C2=O)cc1)c1ccc(Br)cc1. The van der Waals surface area contributed by atoms with Gasteiger partial charge in [-0.05, 0) is 100 Å². The summed E-state index contributed by atoms with van der Waals surface area (Å²) in [5, 5.41) is -0.292. The molecule has 0 aliphatic carbocycles. The first-order chi connectivity index (χ1) is 15.4. The summed E-state index contributed by atoms with van der Waals surface area (Å²) in [6.45, 7) is 0.240. The number of hydrogen-bond donors (Lipinski definition) is 0. The summed E-state index contributed by atoms with van der Waals surface area (Å²) in [5.41, 5.74) is 2.07. The van der Waals surface area contributed by atoms with Gasteiger partial charge in [0.05, 0.1) is 17.0 Å². The van der Waals surface area contributed by atoms with Gasteiger partial charge in [0.2, 0.25) is 0 Å². The van der Waals surface area contributed by atoms with E-state index in [0.717, 1.165) is 30.9 Å². The average Bonchev–Trinajstić information content (AvgIpc) is 3.04. The number of benzene rings is 3. The van der Waals surface area contributed by atoms with Gasteiger partial charge in [0.15, 0.2) is 0 Å². The summed E-state index contributed by atoms with van der Waals surface area (Å²) in [6, 6.07) is 21.3. The van der Waals surface area contributed by atoms with Gasteiger partial charge < -0.3 is 4.74 Å². The topological polar surface area (TPSA) is 63.7 Å². The Balaban J connectivity index is 1.42. The maximum absolute atomic E-state index is 12.7. The van der Waals surface area contributed by atoms with E-state index in [2.05, 4.69) is 38.5 Å². The number of thioether (sulfide) groups is 1. The van der Waals surface area contributed by atoms with Crippen LogP contribution in [0.1, 0.15) is 21.5 Å². The number of amides is 2. The van der Waals surface area contributed by atoms with E-state index in [0.29, 0.717) is 16.2 Å². The van der Waals surface area contributed by atoms with Crippen molar-refractivity contribution in [2.24, 2.45) is 0 Å². The summed E-state index contributed by atoms with van der Waals surface area (Å²) in [7, 11) is 0. The molecule has 0 bridgehead atoms. The molecule has 160 valence electrons. The van der Waals surface area contributed by atoms with E-state index < -0.39 is 5.97 Å². The van der Waals surface area contributed by atoms with Crippen LogP contribution in [0.15, 0.2) is 82.2 Å². The first-order valence-corrected chi connectivity index (χ1v) is 12.2. The number of ether oxygens (including phenoxy) is 1. The van der Waals surface area contributed by atoms with Crippen molar-refractivity contribution in [2.45, 2.75) is 6.54 Å². The van der Waals surface area contributed by atoms with Crippen LogP contribution in [0.2, 0.25) is 0 Å². The van der Waals surface area contributed by atoms with Crippen LogP contribution < -0.4 is 4.74 Å². The smallest absolute Gasteiger partial charge is 0.343 e. The second kappa shape index (κ2) is 10.0. The molecule has 3 aromatic rings. The molecule has 1 aliphatic rings. The molecule has 2 amide bonds. The van der Waals surface area contributed by atoms with E-state index in [1.165, 1.54) is 4.90 Å². The van der Waals surface area contributed by atoms with Gasteiger partial charge in [-0.1, -0.05) is 40.2 Å². The molecule has 0 atom stereocenters. The highest BCUT2D eigenvalue weighted by molar-refractivity contribution is 14.1. The van der Waals surface area contributed by atoms with Gasteiger partial charge in [-0.2, -0.15) is 0 Å². The van der Waals surface area contributed by atoms with E-state index in [1.54, 1.807) is 54.6 Å². The maximum atomic E-state index is 12.7. The van der Waals surface area contributed by atoms with Crippen molar-refractivity contribution >= 4 is 73.5 Å². The fourth-order valence-electron chi connectivity index (χ4n) is 2.94. The first-order valence-electron chi connectivity index (χ1n) is 9.47. The molecular formula is C24H15BrINO4S. The number of carbonyl (C=O) groups is 3. The molecule has 5 nitrogen and oxygen atoms in total. The number of esters is 1. The van der Waals surface area contributed by atoms with Crippen molar-refractivity contribution in [3.8, 4) is 5.75 Å². The molecule has 4 rings (SSSR count). The third-order valence-electron chi connectivity index (χ3n) is 4.60. The molecule has 8 heteroatoms. The van der Waals surface area contributed by atoms with Crippen LogP contribution in [0.5, 0.6) is 5.75 Å². The van der Waals surface area contributed by atoms with Crippen molar-refractivity contribution < 1.29 is 19.1 Å². The zero-order chi connectivity index (χ0) is 22.7. The van der Waals surface area contributed by atoms with Crippen LogP contribution in [0.3, 0.4) is 0 Å². The van der Waals surface area contributed by atoms with E-state index in [9.17, 15) is 14.4 Å². The van der Waals surface area contributed by atoms with Gasteiger partial charge in [-0.3, -0.25) is 14.5 Å². The van der Waals surface area contributed by atoms with Gasteiger partial charge in [0.1, 0.15) is 5.75 Å². The number of halogens is 2. The molecule has 32 heavy (non-hydrogen) atoms. The lowest BCUT2D eigenvalue weighted by Gasteiger charge is -2.12. The molecule has 3 aromatic carbocycles. The molecule has 1 saturated heterocycles. The van der Waals surface area contributed by atoms with Crippen LogP contribution in [-0.4, -0.2) is 22.0 Å². The van der Waals surface area contributed by atoms with Crippen molar-refractivity contribution in [3.63, 3.8) is 0 Å². The Morgan fingerprint density at radius 3 is 2.28 bits per heavy atom. The average molecular weight is 620 g/mol. The Labute approximate surface area is 211 Å². The second-order valence-electron chi connectivity index (χ2n) is 6.86. The zero-order valence-corrected chi connectivity index (χ0v) is 21.0. The Kier molecular flexibility index (Phi) is 7.12. The molecular weight excluding hydrogens is 605 g/mol. The van der Waals surface area contributed by atoms with E-state index >= 15 is 0 Å². The van der Waals surface area contributed by atoms with E-state index in [1.807, 2.05) is 24.3 Å². The Morgan fingerprint density at radius 1 is 0.969 bits per heavy atom. The lowest BCUT2D eigenvalue weighted by Crippen LogP contribution is -2.27. The number of rotatable bonds is 5. The van der Waals surface area contributed by atoms with Gasteiger partial charge in [-0.15, -0.1) is 0 Å². The predicted octanol–water partition coefficient (Wildman–Crippen LogP) is 6.51.